The number of amides is 1. The molecule has 0 radical (unpaired) electrons. The van der Waals surface area contributed by atoms with Gasteiger partial charge in [-0.15, -0.1) is 0 Å². The number of likely N-dealkylation sites (N-methyl/N-ethyl adjacent to an activating group) is 1. The standard InChI is InChI=1S/C25H30ClN7O2/c1-32-10-12-33(13-11-32)21-8-7-19(15-20(21)31-24-22(27)23(26)29-16-30-24)17-3-5-18(6-4-17)25(35)28-9-2-14-34/h3-8,15-16,34H,2,9-14,27H2,1H3,(H,28,35)(H,29,30,31). The van der Waals surface area contributed by atoms with Crippen LogP contribution in [-0.4, -0.2) is 72.3 Å². The van der Waals surface area contributed by atoms with Crippen LogP contribution in [-0.2, 0) is 0 Å². The molecule has 35 heavy (non-hydrogen) atoms. The zero-order valence-corrected chi connectivity index (χ0v) is 20.4. The summed E-state index contributed by atoms with van der Waals surface area (Å²) in [5.74, 6) is 0.293. The molecule has 5 N–H and O–H groups in total. The minimum atomic E-state index is -0.158. The molecule has 184 valence electrons. The Morgan fingerprint density at radius 2 is 1.80 bits per heavy atom. The van der Waals surface area contributed by atoms with E-state index >= 15 is 0 Å². The quantitative estimate of drug-likeness (QED) is 0.278. The first-order valence-corrected chi connectivity index (χ1v) is 11.9. The summed E-state index contributed by atoms with van der Waals surface area (Å²) in [5.41, 5.74) is 10.9. The van der Waals surface area contributed by atoms with Gasteiger partial charge in [0.2, 0.25) is 0 Å². The molecule has 9 nitrogen and oxygen atoms in total. The highest BCUT2D eigenvalue weighted by molar-refractivity contribution is 6.32. The average molecular weight is 496 g/mol. The molecule has 4 rings (SSSR count). The van der Waals surface area contributed by atoms with Crippen LogP contribution in [0.15, 0.2) is 48.8 Å². The van der Waals surface area contributed by atoms with Gasteiger partial charge in [-0.25, -0.2) is 9.97 Å². The van der Waals surface area contributed by atoms with Crippen molar-refractivity contribution in [3.05, 3.63) is 59.5 Å². The summed E-state index contributed by atoms with van der Waals surface area (Å²) in [7, 11) is 2.12. The molecule has 2 aromatic carbocycles. The number of carbonyl (C=O) groups is 1. The lowest BCUT2D eigenvalue weighted by Crippen LogP contribution is -2.44. The summed E-state index contributed by atoms with van der Waals surface area (Å²) in [5, 5.41) is 15.2. The maximum atomic E-state index is 12.3. The number of aromatic nitrogens is 2. The van der Waals surface area contributed by atoms with Crippen LogP contribution in [0.25, 0.3) is 11.1 Å². The summed E-state index contributed by atoms with van der Waals surface area (Å²) in [6.45, 7) is 4.26. The van der Waals surface area contributed by atoms with Crippen molar-refractivity contribution in [2.24, 2.45) is 0 Å². The number of aliphatic hydroxyl groups is 1. The van der Waals surface area contributed by atoms with Crippen LogP contribution < -0.4 is 21.3 Å². The molecule has 1 amide bonds. The second kappa shape index (κ2) is 11.4. The number of hydrogen-bond donors (Lipinski definition) is 4. The first kappa shape index (κ1) is 24.7. The third-order valence-electron chi connectivity index (χ3n) is 6.03. The average Bonchev–Trinajstić information content (AvgIpc) is 2.87. The number of nitrogens with two attached hydrogens (primary N) is 1. The van der Waals surface area contributed by atoms with Gasteiger partial charge in [-0.1, -0.05) is 29.8 Å². The van der Waals surface area contributed by atoms with Gasteiger partial charge in [-0.2, -0.15) is 0 Å². The predicted octanol–water partition coefficient (Wildman–Crippen LogP) is 2.99. The predicted molar refractivity (Wildman–Crippen MR) is 140 cm³/mol. The van der Waals surface area contributed by atoms with Crippen LogP contribution in [0.3, 0.4) is 0 Å². The van der Waals surface area contributed by atoms with E-state index in [0.717, 1.165) is 48.7 Å². The van der Waals surface area contributed by atoms with Crippen molar-refractivity contribution in [2.45, 2.75) is 6.42 Å². The normalized spacial score (nSPS) is 14.1. The second-order valence-electron chi connectivity index (χ2n) is 8.48. The zero-order valence-electron chi connectivity index (χ0n) is 19.7. The molecule has 0 saturated carbocycles. The minimum Gasteiger partial charge on any atom is -0.396 e. The Labute approximate surface area is 209 Å². The van der Waals surface area contributed by atoms with E-state index in [-0.39, 0.29) is 17.7 Å². The zero-order chi connectivity index (χ0) is 24.8. The van der Waals surface area contributed by atoms with Gasteiger partial charge in [0.1, 0.15) is 12.0 Å². The molecule has 2 heterocycles. The number of nitrogen functional groups attached to an aromatic ring is 1. The molecule has 0 aliphatic carbocycles. The number of rotatable bonds is 8. The van der Waals surface area contributed by atoms with E-state index in [2.05, 4.69) is 55.6 Å². The first-order chi connectivity index (χ1) is 17.0. The fourth-order valence-corrected chi connectivity index (χ4v) is 4.07. The van der Waals surface area contributed by atoms with E-state index in [0.29, 0.717) is 30.0 Å². The molecule has 10 heteroatoms. The number of halogens is 1. The topological polar surface area (TPSA) is 120 Å². The van der Waals surface area contributed by atoms with Gasteiger partial charge >= 0.3 is 0 Å². The van der Waals surface area contributed by atoms with Crippen molar-refractivity contribution < 1.29 is 9.90 Å². The molecule has 0 unspecified atom stereocenters. The maximum absolute atomic E-state index is 12.3. The molecular weight excluding hydrogens is 466 g/mol. The van der Waals surface area contributed by atoms with Gasteiger partial charge in [-0.05, 0) is 48.9 Å². The van der Waals surface area contributed by atoms with Crippen LogP contribution >= 0.6 is 11.6 Å². The molecule has 3 aromatic rings. The lowest BCUT2D eigenvalue weighted by atomic mass is 10.0. The Morgan fingerprint density at radius 3 is 2.51 bits per heavy atom. The summed E-state index contributed by atoms with van der Waals surface area (Å²) in [4.78, 5) is 25.1. The third-order valence-corrected chi connectivity index (χ3v) is 6.33. The summed E-state index contributed by atoms with van der Waals surface area (Å²) in [6, 6.07) is 13.7. The Kier molecular flexibility index (Phi) is 8.02. The van der Waals surface area contributed by atoms with Gasteiger partial charge in [0, 0.05) is 44.9 Å². The van der Waals surface area contributed by atoms with Crippen LogP contribution in [0.1, 0.15) is 16.8 Å². The number of carbonyl (C=O) groups excluding carboxylic acids is 1. The number of nitrogens with zero attached hydrogens (tertiary/aromatic N) is 4. The highest BCUT2D eigenvalue weighted by Crippen LogP contribution is 2.35. The van der Waals surface area contributed by atoms with Crippen molar-refractivity contribution in [3.63, 3.8) is 0 Å². The molecule has 1 aliphatic heterocycles. The van der Waals surface area contributed by atoms with Crippen LogP contribution in [0.2, 0.25) is 5.15 Å². The fourth-order valence-electron chi connectivity index (χ4n) is 3.94. The van der Waals surface area contributed by atoms with Crippen LogP contribution in [0.4, 0.5) is 22.9 Å². The van der Waals surface area contributed by atoms with Crippen molar-refractivity contribution in [1.29, 1.82) is 0 Å². The van der Waals surface area contributed by atoms with E-state index in [1.807, 2.05) is 12.1 Å². The number of aliphatic hydroxyl groups excluding tert-OH is 1. The monoisotopic (exact) mass is 495 g/mol. The van der Waals surface area contributed by atoms with Gasteiger partial charge in [0.25, 0.3) is 5.91 Å². The van der Waals surface area contributed by atoms with Crippen LogP contribution in [0.5, 0.6) is 0 Å². The van der Waals surface area contributed by atoms with E-state index < -0.39 is 0 Å². The third kappa shape index (κ3) is 6.00. The SMILES string of the molecule is CN1CCN(c2ccc(-c3ccc(C(=O)NCCCO)cc3)cc2Nc2ncnc(Cl)c2N)CC1. The Balaban J connectivity index is 1.63. The number of hydrogen-bond acceptors (Lipinski definition) is 8. The lowest BCUT2D eigenvalue weighted by Gasteiger charge is -2.35. The molecule has 0 spiro atoms. The lowest BCUT2D eigenvalue weighted by molar-refractivity contribution is 0.0951. The molecule has 1 fully saturated rings. The number of anilines is 4. The molecule has 1 aromatic heterocycles. The van der Waals surface area contributed by atoms with E-state index in [1.54, 1.807) is 12.1 Å². The molecule has 1 saturated heterocycles. The molecule has 0 bridgehead atoms. The van der Waals surface area contributed by atoms with Crippen LogP contribution in [0, 0.1) is 0 Å². The van der Waals surface area contributed by atoms with Gasteiger partial charge in [-0.3, -0.25) is 4.79 Å². The smallest absolute Gasteiger partial charge is 0.251 e. The first-order valence-electron chi connectivity index (χ1n) is 11.6. The second-order valence-corrected chi connectivity index (χ2v) is 8.84. The fraction of sp³-hybridized carbons (Fsp3) is 0.320. The highest BCUT2D eigenvalue weighted by Gasteiger charge is 2.19. The number of nitrogens with one attached hydrogen (secondary N) is 2. The summed E-state index contributed by atoms with van der Waals surface area (Å²) >= 11 is 6.11. The van der Waals surface area contributed by atoms with Crippen molar-refractivity contribution in [2.75, 3.05) is 62.3 Å². The van der Waals surface area contributed by atoms with Gasteiger partial charge in [0.15, 0.2) is 11.0 Å². The van der Waals surface area contributed by atoms with Crippen molar-refractivity contribution >= 4 is 40.4 Å². The summed E-state index contributed by atoms with van der Waals surface area (Å²) in [6.07, 6.45) is 1.91. The molecular formula is C25H30ClN7O2. The van der Waals surface area contributed by atoms with Gasteiger partial charge < -0.3 is 31.3 Å². The largest absolute Gasteiger partial charge is 0.396 e. The van der Waals surface area contributed by atoms with E-state index in [9.17, 15) is 4.79 Å². The highest BCUT2D eigenvalue weighted by atomic mass is 35.5. The Bertz CT molecular complexity index is 1160. The van der Waals surface area contributed by atoms with E-state index in [1.165, 1.54) is 6.33 Å². The molecule has 1 aliphatic rings. The minimum absolute atomic E-state index is 0.0482. The van der Waals surface area contributed by atoms with Crippen molar-refractivity contribution in [3.8, 4) is 11.1 Å². The van der Waals surface area contributed by atoms with Gasteiger partial charge in [0.05, 0.1) is 11.4 Å². The van der Waals surface area contributed by atoms with E-state index in [4.69, 9.17) is 22.4 Å². The number of benzene rings is 2. The Hall–Kier alpha value is -3.40. The summed E-state index contributed by atoms with van der Waals surface area (Å²) < 4.78 is 0. The molecule has 0 atom stereocenters. The Morgan fingerprint density at radius 1 is 1.09 bits per heavy atom. The maximum Gasteiger partial charge on any atom is 0.251 e. The number of piperazine rings is 1. The van der Waals surface area contributed by atoms with Crippen molar-refractivity contribution in [1.82, 2.24) is 20.2 Å².